The number of benzene rings is 1. The zero-order valence-corrected chi connectivity index (χ0v) is 14.1. The third-order valence-electron chi connectivity index (χ3n) is 5.72. The normalized spacial score (nSPS) is 36.8. The number of rotatable bonds is 2. The highest BCUT2D eigenvalue weighted by Gasteiger charge is 2.51. The lowest BCUT2D eigenvalue weighted by atomic mass is 9.53. The maximum Gasteiger partial charge on any atom is 0.251 e. The molecule has 1 N–H and O–H groups in total. The van der Waals surface area contributed by atoms with Crippen molar-refractivity contribution in [2.45, 2.75) is 51.0 Å². The molecule has 1 aromatic rings. The van der Waals surface area contributed by atoms with E-state index in [4.69, 9.17) is 0 Å². The number of carbonyl (C=O) groups is 1. The summed E-state index contributed by atoms with van der Waals surface area (Å²) in [6.07, 6.45) is 7.84. The fourth-order valence-electron chi connectivity index (χ4n) is 5.44. The van der Waals surface area contributed by atoms with E-state index in [0.29, 0.717) is 0 Å². The molecule has 3 heteroatoms. The minimum atomic E-state index is 0.0993. The molecule has 5 rings (SSSR count). The molecule has 21 heavy (non-hydrogen) atoms. The van der Waals surface area contributed by atoms with Crippen molar-refractivity contribution in [2.75, 3.05) is 0 Å². The van der Waals surface area contributed by atoms with Gasteiger partial charge in [0.2, 0.25) is 0 Å². The topological polar surface area (TPSA) is 29.1 Å². The van der Waals surface area contributed by atoms with E-state index in [1.54, 1.807) is 0 Å². The molecule has 4 aliphatic carbocycles. The van der Waals surface area contributed by atoms with E-state index in [0.717, 1.165) is 33.4 Å². The molecular formula is C18H22BrNO. The quantitative estimate of drug-likeness (QED) is 0.840. The average Bonchev–Trinajstić information content (AvgIpc) is 2.35. The molecule has 0 heterocycles. The van der Waals surface area contributed by atoms with Crippen molar-refractivity contribution in [3.63, 3.8) is 0 Å². The molecule has 4 bridgehead atoms. The molecule has 0 saturated heterocycles. The second-order valence-electron chi connectivity index (χ2n) is 7.67. The number of nitrogens with one attached hydrogen (secondary N) is 1. The molecule has 4 fully saturated rings. The van der Waals surface area contributed by atoms with Crippen LogP contribution in [0.4, 0.5) is 0 Å². The first-order valence-corrected chi connectivity index (χ1v) is 8.90. The van der Waals surface area contributed by atoms with Crippen LogP contribution in [0.5, 0.6) is 0 Å². The molecule has 0 unspecified atom stereocenters. The molecule has 4 aliphatic rings. The summed E-state index contributed by atoms with van der Waals surface area (Å²) < 4.78 is 0.984. The monoisotopic (exact) mass is 347 g/mol. The van der Waals surface area contributed by atoms with Crippen LogP contribution in [0.15, 0.2) is 22.7 Å². The lowest BCUT2D eigenvalue weighted by Crippen LogP contribution is -2.59. The smallest absolute Gasteiger partial charge is 0.251 e. The molecular weight excluding hydrogens is 326 g/mol. The Balaban J connectivity index is 1.56. The lowest BCUT2D eigenvalue weighted by Gasteiger charge is -2.56. The molecule has 0 aliphatic heterocycles. The standard InChI is InChI=1S/C18H22BrNO/c1-11-2-15(7-16(19)3-11)17(21)20-18-8-12-4-13(9-18)6-14(5-12)10-18/h2-3,7,12-14H,4-6,8-10H2,1H3,(H,20,21). The Kier molecular flexibility index (Phi) is 3.18. The number of carbonyl (C=O) groups excluding carboxylic acids is 1. The fraction of sp³-hybridized carbons (Fsp3) is 0.611. The summed E-state index contributed by atoms with van der Waals surface area (Å²) in [5.41, 5.74) is 2.01. The van der Waals surface area contributed by atoms with Gasteiger partial charge in [0.15, 0.2) is 0 Å². The molecule has 112 valence electrons. The maximum atomic E-state index is 12.7. The highest BCUT2D eigenvalue weighted by Crippen LogP contribution is 2.55. The summed E-state index contributed by atoms with van der Waals surface area (Å²) in [7, 11) is 0. The number of aryl methyl sites for hydroxylation is 1. The summed E-state index contributed by atoms with van der Waals surface area (Å²) in [4.78, 5) is 12.7. The predicted molar refractivity (Wildman–Crippen MR) is 87.2 cm³/mol. The zero-order chi connectivity index (χ0) is 14.6. The van der Waals surface area contributed by atoms with Gasteiger partial charge in [-0.15, -0.1) is 0 Å². The van der Waals surface area contributed by atoms with E-state index in [1.807, 2.05) is 25.1 Å². The van der Waals surface area contributed by atoms with Crippen molar-refractivity contribution < 1.29 is 4.79 Å². The molecule has 0 aromatic heterocycles. The molecule has 0 spiro atoms. The first-order chi connectivity index (χ1) is 10.0. The minimum Gasteiger partial charge on any atom is -0.347 e. The van der Waals surface area contributed by atoms with Crippen LogP contribution in [-0.2, 0) is 0 Å². The van der Waals surface area contributed by atoms with Crippen molar-refractivity contribution in [1.29, 1.82) is 0 Å². The van der Waals surface area contributed by atoms with Gasteiger partial charge >= 0.3 is 0 Å². The van der Waals surface area contributed by atoms with Crippen LogP contribution in [0.3, 0.4) is 0 Å². The van der Waals surface area contributed by atoms with E-state index in [9.17, 15) is 4.79 Å². The Morgan fingerprint density at radius 2 is 1.67 bits per heavy atom. The van der Waals surface area contributed by atoms with E-state index in [1.165, 1.54) is 38.5 Å². The van der Waals surface area contributed by atoms with Gasteiger partial charge in [0.25, 0.3) is 5.91 Å². The minimum absolute atomic E-state index is 0.0993. The highest BCUT2D eigenvalue weighted by molar-refractivity contribution is 9.10. The van der Waals surface area contributed by atoms with Crippen molar-refractivity contribution in [1.82, 2.24) is 5.32 Å². The van der Waals surface area contributed by atoms with Gasteiger partial charge in [-0.3, -0.25) is 4.79 Å². The van der Waals surface area contributed by atoms with Crippen LogP contribution in [0.1, 0.15) is 54.4 Å². The predicted octanol–water partition coefficient (Wildman–Crippen LogP) is 4.46. The third-order valence-corrected chi connectivity index (χ3v) is 6.18. The highest BCUT2D eigenvalue weighted by atomic mass is 79.9. The van der Waals surface area contributed by atoms with Crippen molar-refractivity contribution in [3.05, 3.63) is 33.8 Å². The van der Waals surface area contributed by atoms with Crippen LogP contribution in [-0.4, -0.2) is 11.4 Å². The Bertz CT molecular complexity index is 539. The van der Waals surface area contributed by atoms with Gasteiger partial charge in [0.1, 0.15) is 0 Å². The molecule has 4 saturated carbocycles. The second kappa shape index (κ2) is 4.84. The average molecular weight is 348 g/mol. The summed E-state index contributed by atoms with van der Waals surface area (Å²) in [5.74, 6) is 2.70. The van der Waals surface area contributed by atoms with Gasteiger partial charge < -0.3 is 5.32 Å². The van der Waals surface area contributed by atoms with E-state index < -0.39 is 0 Å². The maximum absolute atomic E-state index is 12.7. The first-order valence-electron chi connectivity index (χ1n) is 8.11. The molecule has 2 nitrogen and oxygen atoms in total. The Labute approximate surface area is 134 Å². The lowest BCUT2D eigenvalue weighted by molar-refractivity contribution is -0.0167. The van der Waals surface area contributed by atoms with Gasteiger partial charge in [0.05, 0.1) is 0 Å². The van der Waals surface area contributed by atoms with Gasteiger partial charge in [-0.1, -0.05) is 15.9 Å². The molecule has 1 aromatic carbocycles. The van der Waals surface area contributed by atoms with E-state index >= 15 is 0 Å². The molecule has 1 amide bonds. The SMILES string of the molecule is Cc1cc(Br)cc(C(=O)NC23CC4CC(CC(C4)C2)C3)c1. The second-order valence-corrected chi connectivity index (χ2v) is 8.58. The Morgan fingerprint density at radius 1 is 1.10 bits per heavy atom. The molecule has 0 radical (unpaired) electrons. The van der Waals surface area contributed by atoms with Crippen LogP contribution in [0.2, 0.25) is 0 Å². The summed E-state index contributed by atoms with van der Waals surface area (Å²) in [6, 6.07) is 5.96. The summed E-state index contributed by atoms with van der Waals surface area (Å²) in [6.45, 7) is 2.03. The first kappa shape index (κ1) is 13.8. The van der Waals surface area contributed by atoms with Crippen molar-refractivity contribution in [2.24, 2.45) is 17.8 Å². The van der Waals surface area contributed by atoms with Crippen molar-refractivity contribution in [3.8, 4) is 0 Å². The number of hydrogen-bond donors (Lipinski definition) is 1. The van der Waals surface area contributed by atoms with Gasteiger partial charge in [-0.25, -0.2) is 0 Å². The summed E-state index contributed by atoms with van der Waals surface area (Å²) >= 11 is 3.49. The van der Waals surface area contributed by atoms with Gasteiger partial charge in [-0.05, 0) is 87.0 Å². The van der Waals surface area contributed by atoms with Crippen LogP contribution in [0, 0.1) is 24.7 Å². The van der Waals surface area contributed by atoms with E-state index in [2.05, 4.69) is 21.2 Å². The molecule has 0 atom stereocenters. The van der Waals surface area contributed by atoms with Crippen LogP contribution < -0.4 is 5.32 Å². The number of halogens is 1. The third kappa shape index (κ3) is 2.54. The number of amides is 1. The van der Waals surface area contributed by atoms with E-state index in [-0.39, 0.29) is 11.4 Å². The van der Waals surface area contributed by atoms with Crippen molar-refractivity contribution >= 4 is 21.8 Å². The fourth-order valence-corrected chi connectivity index (χ4v) is 6.05. The summed E-state index contributed by atoms with van der Waals surface area (Å²) in [5, 5.41) is 3.44. The largest absolute Gasteiger partial charge is 0.347 e. The Morgan fingerprint density at radius 3 is 2.19 bits per heavy atom. The van der Waals surface area contributed by atoms with Crippen LogP contribution >= 0.6 is 15.9 Å². The zero-order valence-electron chi connectivity index (χ0n) is 12.5. The van der Waals surface area contributed by atoms with Crippen LogP contribution in [0.25, 0.3) is 0 Å². The Hall–Kier alpha value is -0.830. The number of hydrogen-bond acceptors (Lipinski definition) is 1. The van der Waals surface area contributed by atoms with Gasteiger partial charge in [0, 0.05) is 15.6 Å². The van der Waals surface area contributed by atoms with Gasteiger partial charge in [-0.2, -0.15) is 0 Å².